The van der Waals surface area contributed by atoms with Crippen molar-refractivity contribution in [1.29, 1.82) is 0 Å². The minimum atomic E-state index is -1.28. The maximum Gasteiger partial charge on any atom is 0.151 e. The van der Waals surface area contributed by atoms with E-state index in [0.29, 0.717) is 0 Å². The molecule has 0 saturated carbocycles. The molecule has 7 heteroatoms. The predicted octanol–water partition coefficient (Wildman–Crippen LogP) is 5.63. The van der Waals surface area contributed by atoms with Crippen LogP contribution in [0.5, 0.6) is 0 Å². The summed E-state index contributed by atoms with van der Waals surface area (Å²) in [6.07, 6.45) is 7.56. The number of unbranched alkanes of at least 4 members (excludes halogenated alkanes) is 2. The van der Waals surface area contributed by atoms with Crippen LogP contribution in [-0.2, 0) is 0 Å². The average molecular weight is 451 g/mol. The molecule has 0 aliphatic carbocycles. The van der Waals surface area contributed by atoms with E-state index in [9.17, 15) is 4.39 Å². The lowest BCUT2D eigenvalue weighted by Gasteiger charge is -2.50. The maximum absolute atomic E-state index is 14.7. The molecule has 0 aromatic heterocycles. The SMILES string of the molecule is BC(C)(F)C(P)(P)C(C)(C)CC(P)(P)CCCCCC(=C)NCCC(=C)C. The minimum absolute atomic E-state index is 0.0316. The monoisotopic (exact) mass is 451 g/mol. The largest absolute Gasteiger partial charge is 0.388 e. The molecule has 1 nitrogen and oxygen atoms in total. The first-order valence-corrected chi connectivity index (χ1v) is 12.2. The van der Waals surface area contributed by atoms with Crippen molar-refractivity contribution in [2.75, 3.05) is 6.54 Å². The highest BCUT2D eigenvalue weighted by Gasteiger charge is 2.50. The van der Waals surface area contributed by atoms with Gasteiger partial charge < -0.3 is 5.32 Å². The zero-order valence-corrected chi connectivity index (χ0v) is 22.9. The molecule has 0 aromatic rings. The van der Waals surface area contributed by atoms with Gasteiger partial charge in [0.25, 0.3) is 0 Å². The summed E-state index contributed by atoms with van der Waals surface area (Å²) in [6, 6.07) is 0. The van der Waals surface area contributed by atoms with Crippen molar-refractivity contribution in [3.05, 3.63) is 24.4 Å². The molecular weight excluding hydrogens is 408 g/mol. The van der Waals surface area contributed by atoms with E-state index in [0.717, 1.165) is 44.3 Å². The fourth-order valence-corrected chi connectivity index (χ4v) is 5.01. The van der Waals surface area contributed by atoms with Crippen molar-refractivity contribution in [3.8, 4) is 0 Å². The van der Waals surface area contributed by atoms with Crippen LogP contribution in [0.2, 0.25) is 0 Å². The molecule has 5 atom stereocenters. The van der Waals surface area contributed by atoms with E-state index in [1.165, 1.54) is 18.4 Å². The Morgan fingerprint density at radius 3 is 2.04 bits per heavy atom. The molecule has 0 aliphatic heterocycles. The van der Waals surface area contributed by atoms with Crippen LogP contribution in [-0.4, -0.2) is 29.8 Å². The summed E-state index contributed by atoms with van der Waals surface area (Å²) < 4.78 is 14.7. The first-order valence-electron chi connectivity index (χ1n) is 9.92. The first kappa shape index (κ1) is 28.0. The van der Waals surface area contributed by atoms with Gasteiger partial charge in [0.15, 0.2) is 7.85 Å². The van der Waals surface area contributed by atoms with Crippen LogP contribution >= 0.6 is 37.0 Å². The van der Waals surface area contributed by atoms with E-state index in [1.54, 1.807) is 14.8 Å². The Morgan fingerprint density at radius 2 is 1.56 bits per heavy atom. The minimum Gasteiger partial charge on any atom is -0.388 e. The highest BCUT2D eigenvalue weighted by molar-refractivity contribution is 7.41. The van der Waals surface area contributed by atoms with E-state index >= 15 is 0 Å². The van der Waals surface area contributed by atoms with Gasteiger partial charge >= 0.3 is 0 Å². The van der Waals surface area contributed by atoms with Crippen molar-refractivity contribution in [1.82, 2.24) is 5.32 Å². The number of hydrogen-bond donors (Lipinski definition) is 1. The summed E-state index contributed by atoms with van der Waals surface area (Å²) in [5.74, 6) is 0. The van der Waals surface area contributed by atoms with Gasteiger partial charge in [-0.3, -0.25) is 4.39 Å². The Kier molecular flexibility index (Phi) is 11.8. The van der Waals surface area contributed by atoms with Crippen LogP contribution in [0.1, 0.15) is 72.6 Å². The van der Waals surface area contributed by atoms with E-state index in [-0.39, 0.29) is 10.3 Å². The summed E-state index contributed by atoms with van der Waals surface area (Å²) in [5, 5.41) is 3.38. The molecule has 5 unspecified atom stereocenters. The zero-order chi connectivity index (χ0) is 21.5. The fourth-order valence-electron chi connectivity index (χ4n) is 3.37. The van der Waals surface area contributed by atoms with Gasteiger partial charge in [-0.15, -0.1) is 43.5 Å². The van der Waals surface area contributed by atoms with Gasteiger partial charge in [-0.25, -0.2) is 0 Å². The van der Waals surface area contributed by atoms with Gasteiger partial charge in [0.1, 0.15) is 0 Å². The van der Waals surface area contributed by atoms with E-state index in [1.807, 2.05) is 0 Å². The molecule has 0 radical (unpaired) electrons. The second kappa shape index (κ2) is 11.4. The van der Waals surface area contributed by atoms with Crippen LogP contribution in [0.25, 0.3) is 0 Å². The summed E-state index contributed by atoms with van der Waals surface area (Å²) >= 11 is 0. The number of allylic oxidation sites excluding steroid dienone is 1. The Labute approximate surface area is 178 Å². The summed E-state index contributed by atoms with van der Waals surface area (Å²) in [6.45, 7) is 17.0. The third kappa shape index (κ3) is 10.5. The molecular formula is C20H43BFNP4. The third-order valence-corrected chi connectivity index (χ3v) is 9.34. The highest BCUT2D eigenvalue weighted by atomic mass is 31.1. The smallest absolute Gasteiger partial charge is 0.151 e. The summed E-state index contributed by atoms with van der Waals surface area (Å²) in [7, 11) is 13.2. The van der Waals surface area contributed by atoms with Gasteiger partial charge in [-0.2, -0.15) is 0 Å². The maximum atomic E-state index is 14.7. The summed E-state index contributed by atoms with van der Waals surface area (Å²) in [5.41, 5.74) is 0.869. The molecule has 1 N–H and O–H groups in total. The fraction of sp³-hybridized carbons (Fsp3) is 0.800. The standard InChI is InChI=1S/C20H43BFNP4/c1-15(2)11-13-23-16(3)10-8-7-9-12-19(24,25)14-17(4,5)20(26,27)18(6,21)22/h23H,1,3,7-14,21,24-27H2,2,4-6H3. The van der Waals surface area contributed by atoms with Crippen molar-refractivity contribution in [2.24, 2.45) is 5.41 Å². The van der Waals surface area contributed by atoms with Crippen molar-refractivity contribution in [3.63, 3.8) is 0 Å². The van der Waals surface area contributed by atoms with Crippen LogP contribution in [0.15, 0.2) is 24.4 Å². The van der Waals surface area contributed by atoms with Gasteiger partial charge in [0, 0.05) is 17.1 Å². The number of rotatable bonds is 14. The van der Waals surface area contributed by atoms with Crippen LogP contribution in [0, 0.1) is 5.41 Å². The molecule has 0 aromatic carbocycles. The number of halogens is 1. The second-order valence-corrected chi connectivity index (χ2v) is 14.9. The molecule has 0 heterocycles. The van der Waals surface area contributed by atoms with Gasteiger partial charge in [-0.1, -0.05) is 38.8 Å². The second-order valence-electron chi connectivity index (χ2n) is 9.43. The van der Waals surface area contributed by atoms with Crippen molar-refractivity contribution >= 4 is 44.8 Å². The Morgan fingerprint density at radius 1 is 1.00 bits per heavy atom. The molecule has 0 aliphatic rings. The van der Waals surface area contributed by atoms with E-state index < -0.39 is 10.5 Å². The molecule has 27 heavy (non-hydrogen) atoms. The van der Waals surface area contributed by atoms with Gasteiger partial charge in [0.2, 0.25) is 0 Å². The Balaban J connectivity index is 4.31. The lowest BCUT2D eigenvalue weighted by atomic mass is 9.69. The van der Waals surface area contributed by atoms with E-state index in [2.05, 4.69) is 76.2 Å². The van der Waals surface area contributed by atoms with Gasteiger partial charge in [0.05, 0.1) is 5.57 Å². The molecule has 0 bridgehead atoms. The number of hydrogen-bond acceptors (Lipinski definition) is 1. The Bertz CT molecular complexity index is 499. The molecule has 0 saturated heterocycles. The van der Waals surface area contributed by atoms with Crippen LogP contribution in [0.4, 0.5) is 4.39 Å². The van der Waals surface area contributed by atoms with Crippen molar-refractivity contribution in [2.45, 2.75) is 88.0 Å². The predicted molar refractivity (Wildman–Crippen MR) is 140 cm³/mol. The topological polar surface area (TPSA) is 12.0 Å². The van der Waals surface area contributed by atoms with Crippen molar-refractivity contribution < 1.29 is 4.39 Å². The average Bonchev–Trinajstić information content (AvgIpc) is 2.43. The number of alkyl halides is 1. The van der Waals surface area contributed by atoms with Gasteiger partial charge in [-0.05, 0) is 56.3 Å². The van der Waals surface area contributed by atoms with Crippen LogP contribution < -0.4 is 5.32 Å². The molecule has 0 fully saturated rings. The number of nitrogens with one attached hydrogen (secondary N) is 1. The quantitative estimate of drug-likeness (QED) is 0.156. The highest BCUT2D eigenvalue weighted by Crippen LogP contribution is 2.57. The zero-order valence-electron chi connectivity index (χ0n) is 18.3. The molecule has 0 rings (SSSR count). The molecule has 0 spiro atoms. The van der Waals surface area contributed by atoms with Crippen LogP contribution in [0.3, 0.4) is 0 Å². The first-order chi connectivity index (χ1) is 12.0. The lowest BCUT2D eigenvalue weighted by Crippen LogP contribution is -2.51. The normalized spacial score (nSPS) is 15.3. The summed E-state index contributed by atoms with van der Waals surface area (Å²) in [4.78, 5) is -0.532. The Hall–Kier alpha value is 0.995. The lowest BCUT2D eigenvalue weighted by molar-refractivity contribution is 0.162. The van der Waals surface area contributed by atoms with E-state index in [4.69, 9.17) is 0 Å². The molecule has 0 amide bonds. The third-order valence-electron chi connectivity index (χ3n) is 5.42. The molecule has 158 valence electrons.